The second kappa shape index (κ2) is 4.45. The van der Waals surface area contributed by atoms with Crippen molar-refractivity contribution in [3.8, 4) is 0 Å². The molecule has 6 heteroatoms. The van der Waals surface area contributed by atoms with Gasteiger partial charge >= 0.3 is 0 Å². The Kier molecular flexibility index (Phi) is 3.82. The number of nitrogens with zero attached hydrogens (tertiary/aromatic N) is 1. The Labute approximate surface area is 77.5 Å². The van der Waals surface area contributed by atoms with Crippen molar-refractivity contribution in [1.82, 2.24) is 4.90 Å². The molecule has 0 saturated carbocycles. The van der Waals surface area contributed by atoms with Crippen LogP contribution in [0, 0.1) is 0 Å². The molecule has 0 spiro atoms. The van der Waals surface area contributed by atoms with Gasteiger partial charge in [0.1, 0.15) is 0 Å². The average molecular weight is 210 g/mol. The summed E-state index contributed by atoms with van der Waals surface area (Å²) < 4.78 is 21.2. The van der Waals surface area contributed by atoms with E-state index in [1.165, 1.54) is 0 Å². The molecule has 1 fully saturated rings. The molecule has 1 aliphatic heterocycles. The lowest BCUT2D eigenvalue weighted by Crippen LogP contribution is -2.37. The summed E-state index contributed by atoms with van der Waals surface area (Å²) in [5.74, 6) is 2.28. The molecule has 1 aliphatic rings. The highest BCUT2D eigenvalue weighted by Crippen LogP contribution is 2.08. The minimum Gasteiger partial charge on any atom is -0.301 e. The van der Waals surface area contributed by atoms with Gasteiger partial charge in [-0.3, -0.25) is 0 Å². The summed E-state index contributed by atoms with van der Waals surface area (Å²) in [6.07, 6.45) is 0. The zero-order chi connectivity index (χ0) is 9.03. The molecule has 0 radical (unpaired) electrons. The van der Waals surface area contributed by atoms with Gasteiger partial charge in [-0.2, -0.15) is 11.8 Å². The maximum Gasteiger partial charge on any atom is 0.210 e. The number of thioether (sulfide) groups is 1. The van der Waals surface area contributed by atoms with Crippen molar-refractivity contribution in [2.75, 3.05) is 36.9 Å². The molecule has 0 amide bonds. The minimum absolute atomic E-state index is 0.0810. The highest BCUT2D eigenvalue weighted by Gasteiger charge is 2.12. The van der Waals surface area contributed by atoms with Crippen molar-refractivity contribution < 1.29 is 8.42 Å². The van der Waals surface area contributed by atoms with Crippen LogP contribution in [0.25, 0.3) is 0 Å². The molecule has 4 nitrogen and oxygen atoms in total. The molecule has 1 heterocycles. The second-order valence-electron chi connectivity index (χ2n) is 2.82. The molecule has 0 atom stereocenters. The third kappa shape index (κ3) is 4.30. The van der Waals surface area contributed by atoms with E-state index in [-0.39, 0.29) is 5.75 Å². The van der Waals surface area contributed by atoms with Crippen molar-refractivity contribution in [3.63, 3.8) is 0 Å². The standard InChI is InChI=1S/C6H14N2O2S2/c7-12(9,10)6-3-8-1-4-11-5-2-8/h1-6H2,(H2,7,9,10). The third-order valence-electron chi connectivity index (χ3n) is 1.80. The highest BCUT2D eigenvalue weighted by atomic mass is 32.2. The highest BCUT2D eigenvalue weighted by molar-refractivity contribution is 7.99. The predicted octanol–water partition coefficient (Wildman–Crippen LogP) is -0.676. The first-order chi connectivity index (χ1) is 5.58. The summed E-state index contributed by atoms with van der Waals surface area (Å²) in [5.41, 5.74) is 0. The fourth-order valence-corrected chi connectivity index (χ4v) is 2.57. The van der Waals surface area contributed by atoms with Crippen LogP contribution in [0.15, 0.2) is 0 Å². The first-order valence-electron chi connectivity index (χ1n) is 3.88. The second-order valence-corrected chi connectivity index (χ2v) is 5.78. The Bertz CT molecular complexity index is 222. The Morgan fingerprint density at radius 1 is 1.33 bits per heavy atom. The topological polar surface area (TPSA) is 63.4 Å². The lowest BCUT2D eigenvalue weighted by Gasteiger charge is -2.25. The molecule has 0 aliphatic carbocycles. The van der Waals surface area contributed by atoms with Crippen LogP contribution in [0.5, 0.6) is 0 Å². The van der Waals surface area contributed by atoms with Crippen LogP contribution in [0.2, 0.25) is 0 Å². The summed E-state index contributed by atoms with van der Waals surface area (Å²) in [4.78, 5) is 2.14. The van der Waals surface area contributed by atoms with Gasteiger partial charge in [-0.05, 0) is 0 Å². The normalized spacial score (nSPS) is 21.1. The molecular formula is C6H14N2O2S2. The van der Waals surface area contributed by atoms with Crippen LogP contribution in [0.3, 0.4) is 0 Å². The van der Waals surface area contributed by atoms with E-state index in [1.54, 1.807) is 0 Å². The van der Waals surface area contributed by atoms with Gasteiger partial charge in [-0.1, -0.05) is 0 Å². The van der Waals surface area contributed by atoms with Crippen LogP contribution in [0.1, 0.15) is 0 Å². The van der Waals surface area contributed by atoms with Gasteiger partial charge < -0.3 is 4.90 Å². The molecule has 0 aromatic heterocycles. The summed E-state index contributed by atoms with van der Waals surface area (Å²) in [6, 6.07) is 0. The Balaban J connectivity index is 2.22. The number of primary sulfonamides is 1. The van der Waals surface area contributed by atoms with Crippen molar-refractivity contribution in [3.05, 3.63) is 0 Å². The van der Waals surface area contributed by atoms with E-state index < -0.39 is 10.0 Å². The van der Waals surface area contributed by atoms with Crippen LogP contribution in [-0.2, 0) is 10.0 Å². The van der Waals surface area contributed by atoms with Gasteiger partial charge in [0.2, 0.25) is 10.0 Å². The number of sulfonamides is 1. The molecule has 12 heavy (non-hydrogen) atoms. The predicted molar refractivity (Wildman–Crippen MR) is 51.7 cm³/mol. The van der Waals surface area contributed by atoms with Crippen molar-refractivity contribution in [2.45, 2.75) is 0 Å². The monoisotopic (exact) mass is 210 g/mol. The minimum atomic E-state index is -3.27. The van der Waals surface area contributed by atoms with E-state index in [2.05, 4.69) is 4.90 Å². The van der Waals surface area contributed by atoms with Gasteiger partial charge in [-0.15, -0.1) is 0 Å². The Morgan fingerprint density at radius 3 is 2.42 bits per heavy atom. The average Bonchev–Trinajstić information content (AvgIpc) is 2.02. The molecular weight excluding hydrogens is 196 g/mol. The quantitative estimate of drug-likeness (QED) is 0.670. The molecule has 0 unspecified atom stereocenters. The Hall–Kier alpha value is 0.220. The van der Waals surface area contributed by atoms with Gasteiger partial charge in [0.25, 0.3) is 0 Å². The lowest BCUT2D eigenvalue weighted by molar-refractivity contribution is 0.320. The molecule has 0 aromatic rings. The first-order valence-corrected chi connectivity index (χ1v) is 6.75. The molecule has 1 saturated heterocycles. The molecule has 2 N–H and O–H groups in total. The first kappa shape index (κ1) is 10.3. The third-order valence-corrected chi connectivity index (χ3v) is 3.49. The van der Waals surface area contributed by atoms with Gasteiger partial charge in [0, 0.05) is 31.1 Å². The van der Waals surface area contributed by atoms with Crippen LogP contribution in [-0.4, -0.2) is 50.2 Å². The van der Waals surface area contributed by atoms with Crippen molar-refractivity contribution in [2.24, 2.45) is 5.14 Å². The fourth-order valence-electron chi connectivity index (χ4n) is 1.08. The van der Waals surface area contributed by atoms with Crippen LogP contribution in [0.4, 0.5) is 0 Å². The zero-order valence-electron chi connectivity index (χ0n) is 6.90. The Morgan fingerprint density at radius 2 is 1.92 bits per heavy atom. The number of hydrogen-bond donors (Lipinski definition) is 1. The zero-order valence-corrected chi connectivity index (χ0v) is 8.53. The van der Waals surface area contributed by atoms with E-state index in [4.69, 9.17) is 5.14 Å². The largest absolute Gasteiger partial charge is 0.301 e. The van der Waals surface area contributed by atoms with E-state index in [1.807, 2.05) is 11.8 Å². The van der Waals surface area contributed by atoms with Crippen LogP contribution >= 0.6 is 11.8 Å². The smallest absolute Gasteiger partial charge is 0.210 e. The van der Waals surface area contributed by atoms with E-state index >= 15 is 0 Å². The van der Waals surface area contributed by atoms with Crippen molar-refractivity contribution in [1.29, 1.82) is 0 Å². The van der Waals surface area contributed by atoms with Gasteiger partial charge in [-0.25, -0.2) is 13.6 Å². The van der Waals surface area contributed by atoms with Crippen molar-refractivity contribution >= 4 is 21.8 Å². The van der Waals surface area contributed by atoms with Gasteiger partial charge in [0.05, 0.1) is 5.75 Å². The van der Waals surface area contributed by atoms with E-state index in [0.29, 0.717) is 6.54 Å². The van der Waals surface area contributed by atoms with E-state index in [9.17, 15) is 8.42 Å². The van der Waals surface area contributed by atoms with Crippen LogP contribution < -0.4 is 5.14 Å². The molecule has 72 valence electrons. The van der Waals surface area contributed by atoms with Gasteiger partial charge in [0.15, 0.2) is 0 Å². The summed E-state index contributed by atoms with van der Waals surface area (Å²) in [5, 5.41) is 4.89. The number of rotatable bonds is 3. The number of hydrogen-bond acceptors (Lipinski definition) is 4. The molecule has 0 aromatic carbocycles. The fraction of sp³-hybridized carbons (Fsp3) is 1.00. The summed E-state index contributed by atoms with van der Waals surface area (Å²) >= 11 is 1.91. The summed E-state index contributed by atoms with van der Waals surface area (Å²) in [6.45, 7) is 2.56. The SMILES string of the molecule is NS(=O)(=O)CCN1CCSCC1. The summed E-state index contributed by atoms with van der Waals surface area (Å²) in [7, 11) is -3.27. The molecule has 0 bridgehead atoms. The lowest BCUT2D eigenvalue weighted by atomic mass is 10.5. The number of nitrogens with two attached hydrogens (primary N) is 1. The van der Waals surface area contributed by atoms with E-state index in [0.717, 1.165) is 24.6 Å². The maximum atomic E-state index is 10.6. The maximum absolute atomic E-state index is 10.6. The molecule has 1 rings (SSSR count).